The molecule has 1 aromatic carbocycles. The summed E-state index contributed by atoms with van der Waals surface area (Å²) in [6.07, 6.45) is 2.49. The van der Waals surface area contributed by atoms with Gasteiger partial charge in [0, 0.05) is 6.54 Å². The van der Waals surface area contributed by atoms with E-state index in [-0.39, 0.29) is 6.61 Å². The van der Waals surface area contributed by atoms with Gasteiger partial charge in [-0.3, -0.25) is 0 Å². The molecule has 1 saturated heterocycles. The Kier molecular flexibility index (Phi) is 4.17. The zero-order valence-corrected chi connectivity index (χ0v) is 9.42. The largest absolute Gasteiger partial charge is 0.491 e. The van der Waals surface area contributed by atoms with Crippen LogP contribution in [0.4, 0.5) is 4.39 Å². The first-order valence-electron chi connectivity index (χ1n) is 5.89. The minimum atomic E-state index is -0.436. The molecule has 3 heteroatoms. The molecule has 1 aromatic rings. The molecule has 0 spiro atoms. The molecule has 1 heterocycles. The lowest BCUT2D eigenvalue weighted by Crippen LogP contribution is -2.28. The monoisotopic (exact) mass is 223 g/mol. The summed E-state index contributed by atoms with van der Waals surface area (Å²) in [6, 6.07) is 8.04. The lowest BCUT2D eigenvalue weighted by molar-refractivity contribution is 0.273. The highest BCUT2D eigenvalue weighted by Crippen LogP contribution is 2.24. The highest BCUT2D eigenvalue weighted by atomic mass is 19.1. The molecule has 16 heavy (non-hydrogen) atoms. The molecule has 0 amide bonds. The van der Waals surface area contributed by atoms with Gasteiger partial charge in [-0.15, -0.1) is 0 Å². The lowest BCUT2D eigenvalue weighted by Gasteiger charge is -2.23. The molecule has 1 fully saturated rings. The third-order valence-corrected chi connectivity index (χ3v) is 2.99. The summed E-state index contributed by atoms with van der Waals surface area (Å²) >= 11 is 0. The van der Waals surface area contributed by atoms with Crippen molar-refractivity contribution < 1.29 is 9.13 Å². The quantitative estimate of drug-likeness (QED) is 0.846. The molecule has 2 rings (SSSR count). The standard InChI is InChI=1S/C13H18FNO/c14-7-9-16-13-5-3-11(4-6-13)12-2-1-8-15-10-12/h3-6,12,15H,1-2,7-10H2. The van der Waals surface area contributed by atoms with E-state index in [0.29, 0.717) is 5.92 Å². The van der Waals surface area contributed by atoms with Gasteiger partial charge >= 0.3 is 0 Å². The van der Waals surface area contributed by atoms with Crippen LogP contribution >= 0.6 is 0 Å². The second-order valence-electron chi connectivity index (χ2n) is 4.15. The van der Waals surface area contributed by atoms with E-state index in [1.54, 1.807) is 0 Å². The van der Waals surface area contributed by atoms with Gasteiger partial charge in [0.15, 0.2) is 0 Å². The maximum Gasteiger partial charge on any atom is 0.123 e. The van der Waals surface area contributed by atoms with Crippen LogP contribution in [0.2, 0.25) is 0 Å². The van der Waals surface area contributed by atoms with E-state index in [1.165, 1.54) is 18.4 Å². The smallest absolute Gasteiger partial charge is 0.123 e. The van der Waals surface area contributed by atoms with Gasteiger partial charge in [0.1, 0.15) is 19.0 Å². The average molecular weight is 223 g/mol. The molecule has 0 saturated carbocycles. The summed E-state index contributed by atoms with van der Waals surface area (Å²) in [5.74, 6) is 1.37. The molecule has 1 atom stereocenters. The van der Waals surface area contributed by atoms with Crippen LogP contribution in [0.15, 0.2) is 24.3 Å². The number of halogens is 1. The Hall–Kier alpha value is -1.09. The van der Waals surface area contributed by atoms with E-state index in [4.69, 9.17) is 4.74 Å². The van der Waals surface area contributed by atoms with Crippen molar-refractivity contribution in [3.05, 3.63) is 29.8 Å². The predicted octanol–water partition coefficient (Wildman–Crippen LogP) is 2.50. The van der Waals surface area contributed by atoms with Crippen LogP contribution in [0.1, 0.15) is 24.3 Å². The first kappa shape index (κ1) is 11.4. The number of rotatable bonds is 4. The van der Waals surface area contributed by atoms with Crippen LogP contribution in [0.5, 0.6) is 5.75 Å². The van der Waals surface area contributed by atoms with Gasteiger partial charge in [0.05, 0.1) is 0 Å². The maximum atomic E-state index is 11.9. The van der Waals surface area contributed by atoms with Gasteiger partial charge in [-0.2, -0.15) is 0 Å². The fraction of sp³-hybridized carbons (Fsp3) is 0.538. The molecule has 0 bridgehead atoms. The van der Waals surface area contributed by atoms with Gasteiger partial charge in [0.25, 0.3) is 0 Å². The second-order valence-corrected chi connectivity index (χ2v) is 4.15. The Balaban J connectivity index is 1.95. The van der Waals surface area contributed by atoms with Crippen LogP contribution in [0, 0.1) is 0 Å². The number of nitrogens with one attached hydrogen (secondary N) is 1. The molecule has 1 N–H and O–H groups in total. The molecular weight excluding hydrogens is 205 g/mol. The van der Waals surface area contributed by atoms with Crippen LogP contribution in [0.3, 0.4) is 0 Å². The van der Waals surface area contributed by atoms with Gasteiger partial charge in [0.2, 0.25) is 0 Å². The van der Waals surface area contributed by atoms with E-state index < -0.39 is 6.67 Å². The molecule has 1 aliphatic rings. The first-order chi connectivity index (χ1) is 7.90. The van der Waals surface area contributed by atoms with Crippen molar-refractivity contribution >= 4 is 0 Å². The van der Waals surface area contributed by atoms with Crippen LogP contribution in [0.25, 0.3) is 0 Å². The molecule has 0 radical (unpaired) electrons. The van der Waals surface area contributed by atoms with E-state index >= 15 is 0 Å². The van der Waals surface area contributed by atoms with Crippen molar-refractivity contribution in [1.82, 2.24) is 5.32 Å². The molecular formula is C13H18FNO. The van der Waals surface area contributed by atoms with Gasteiger partial charge in [-0.05, 0) is 43.0 Å². The number of benzene rings is 1. The Bertz CT molecular complexity index is 306. The number of hydrogen-bond acceptors (Lipinski definition) is 2. The average Bonchev–Trinajstić information content (AvgIpc) is 2.38. The summed E-state index contributed by atoms with van der Waals surface area (Å²) in [7, 11) is 0. The summed E-state index contributed by atoms with van der Waals surface area (Å²) in [5, 5.41) is 3.40. The zero-order chi connectivity index (χ0) is 11.2. The van der Waals surface area contributed by atoms with E-state index in [2.05, 4.69) is 17.4 Å². The van der Waals surface area contributed by atoms with E-state index in [9.17, 15) is 4.39 Å². The van der Waals surface area contributed by atoms with Gasteiger partial charge < -0.3 is 10.1 Å². The van der Waals surface area contributed by atoms with Crippen molar-refractivity contribution in [2.75, 3.05) is 26.4 Å². The minimum absolute atomic E-state index is 0.143. The van der Waals surface area contributed by atoms with Crippen molar-refractivity contribution in [2.45, 2.75) is 18.8 Å². The molecule has 0 aliphatic carbocycles. The predicted molar refractivity (Wildman–Crippen MR) is 62.8 cm³/mol. The van der Waals surface area contributed by atoms with Gasteiger partial charge in [-0.1, -0.05) is 12.1 Å². The number of piperidine rings is 1. The van der Waals surface area contributed by atoms with E-state index in [0.717, 1.165) is 18.8 Å². The summed E-state index contributed by atoms with van der Waals surface area (Å²) in [5.41, 5.74) is 1.35. The summed E-state index contributed by atoms with van der Waals surface area (Å²) in [6.45, 7) is 1.90. The highest BCUT2D eigenvalue weighted by Gasteiger charge is 2.14. The Morgan fingerprint density at radius 3 is 2.75 bits per heavy atom. The second kappa shape index (κ2) is 5.85. The van der Waals surface area contributed by atoms with Crippen LogP contribution < -0.4 is 10.1 Å². The van der Waals surface area contributed by atoms with Gasteiger partial charge in [-0.25, -0.2) is 4.39 Å². The Morgan fingerprint density at radius 1 is 1.31 bits per heavy atom. The number of alkyl halides is 1. The Labute approximate surface area is 95.8 Å². The third-order valence-electron chi connectivity index (χ3n) is 2.99. The summed E-state index contributed by atoms with van der Waals surface area (Å²) in [4.78, 5) is 0. The first-order valence-corrected chi connectivity index (χ1v) is 5.89. The topological polar surface area (TPSA) is 21.3 Å². The molecule has 2 nitrogen and oxygen atoms in total. The van der Waals surface area contributed by atoms with Crippen molar-refractivity contribution in [1.29, 1.82) is 0 Å². The van der Waals surface area contributed by atoms with Crippen molar-refractivity contribution in [3.8, 4) is 5.75 Å². The fourth-order valence-corrected chi connectivity index (χ4v) is 2.13. The number of hydrogen-bond donors (Lipinski definition) is 1. The number of ether oxygens (including phenoxy) is 1. The van der Waals surface area contributed by atoms with Crippen LogP contribution in [-0.4, -0.2) is 26.4 Å². The molecule has 88 valence electrons. The normalized spacial score (nSPS) is 20.7. The Morgan fingerprint density at radius 2 is 2.12 bits per heavy atom. The third kappa shape index (κ3) is 2.95. The minimum Gasteiger partial charge on any atom is -0.491 e. The van der Waals surface area contributed by atoms with E-state index in [1.807, 2.05) is 12.1 Å². The molecule has 1 aliphatic heterocycles. The highest BCUT2D eigenvalue weighted by molar-refractivity contribution is 5.29. The molecule has 0 aromatic heterocycles. The zero-order valence-electron chi connectivity index (χ0n) is 9.42. The molecule has 1 unspecified atom stereocenters. The summed E-state index contributed by atoms with van der Waals surface area (Å²) < 4.78 is 17.1. The lowest BCUT2D eigenvalue weighted by atomic mass is 9.92. The fourth-order valence-electron chi connectivity index (χ4n) is 2.13. The van der Waals surface area contributed by atoms with Crippen molar-refractivity contribution in [3.63, 3.8) is 0 Å². The van der Waals surface area contributed by atoms with Crippen LogP contribution in [-0.2, 0) is 0 Å². The van der Waals surface area contributed by atoms with Crippen molar-refractivity contribution in [2.24, 2.45) is 0 Å². The SMILES string of the molecule is FCCOc1ccc(C2CCCNC2)cc1. The maximum absolute atomic E-state index is 11.9.